The Hall–Kier alpha value is -1.06. The number of carbonyl (C=O) groups excluding carboxylic acids is 2. The van der Waals surface area contributed by atoms with E-state index in [2.05, 4.69) is 12.2 Å². The predicted molar refractivity (Wildman–Crippen MR) is 79.2 cm³/mol. The largest absolute Gasteiger partial charge is 0.340 e. The minimum absolute atomic E-state index is 0.0359. The monoisotopic (exact) mass is 280 g/mol. The number of nitrogens with zero attached hydrogens (tertiary/aromatic N) is 1. The van der Waals surface area contributed by atoms with Gasteiger partial charge in [0, 0.05) is 6.54 Å². The first-order chi connectivity index (χ1) is 9.51. The minimum atomic E-state index is -0.708. The van der Waals surface area contributed by atoms with Crippen LogP contribution in [0, 0.1) is 5.92 Å². The molecule has 4 nitrogen and oxygen atoms in total. The first kappa shape index (κ1) is 15.3. The number of hydrogen-bond acceptors (Lipinski definition) is 2. The molecule has 2 unspecified atom stereocenters. The molecule has 2 fully saturated rings. The van der Waals surface area contributed by atoms with E-state index >= 15 is 0 Å². The molecule has 0 aromatic carbocycles. The van der Waals surface area contributed by atoms with Crippen molar-refractivity contribution in [2.75, 3.05) is 6.54 Å². The second kappa shape index (κ2) is 6.15. The molecule has 1 aliphatic carbocycles. The molecule has 0 aromatic heterocycles. The van der Waals surface area contributed by atoms with Gasteiger partial charge < -0.3 is 10.2 Å². The lowest BCUT2D eigenvalue weighted by Gasteiger charge is -2.45. The summed E-state index contributed by atoms with van der Waals surface area (Å²) in [5.74, 6) is 0.740. The highest BCUT2D eigenvalue weighted by molar-refractivity contribution is 5.99. The number of rotatable bonds is 5. The lowest BCUT2D eigenvalue weighted by Crippen LogP contribution is -2.69. The Bertz CT molecular complexity index is 377. The summed E-state index contributed by atoms with van der Waals surface area (Å²) in [5, 5.41) is 2.95. The third-order valence-electron chi connectivity index (χ3n) is 5.01. The van der Waals surface area contributed by atoms with Gasteiger partial charge in [0.2, 0.25) is 11.8 Å². The molecule has 2 amide bonds. The van der Waals surface area contributed by atoms with Crippen molar-refractivity contribution >= 4 is 11.8 Å². The molecule has 1 heterocycles. The SMILES string of the molecule is CCCC1C(=O)NC(C)(CC)C(=O)N1CC1CCCC1. The van der Waals surface area contributed by atoms with E-state index in [1.165, 1.54) is 25.7 Å². The van der Waals surface area contributed by atoms with Crippen molar-refractivity contribution in [1.82, 2.24) is 10.2 Å². The lowest BCUT2D eigenvalue weighted by atomic mass is 9.89. The van der Waals surface area contributed by atoms with Crippen LogP contribution in [0.15, 0.2) is 0 Å². The third kappa shape index (κ3) is 2.84. The summed E-state index contributed by atoms with van der Waals surface area (Å²) < 4.78 is 0. The Labute approximate surface area is 122 Å². The molecule has 114 valence electrons. The van der Waals surface area contributed by atoms with Crippen molar-refractivity contribution in [3.63, 3.8) is 0 Å². The zero-order valence-electron chi connectivity index (χ0n) is 13.1. The number of piperazine rings is 1. The number of carbonyl (C=O) groups is 2. The minimum Gasteiger partial charge on any atom is -0.340 e. The smallest absolute Gasteiger partial charge is 0.248 e. The maximum atomic E-state index is 12.8. The molecular weight excluding hydrogens is 252 g/mol. The Balaban J connectivity index is 2.18. The van der Waals surface area contributed by atoms with Gasteiger partial charge in [-0.3, -0.25) is 9.59 Å². The van der Waals surface area contributed by atoms with Gasteiger partial charge in [-0.1, -0.05) is 33.1 Å². The molecule has 1 saturated heterocycles. The molecule has 2 rings (SSSR count). The van der Waals surface area contributed by atoms with Gasteiger partial charge in [0.05, 0.1) is 0 Å². The molecule has 0 radical (unpaired) electrons. The van der Waals surface area contributed by atoms with Gasteiger partial charge in [-0.25, -0.2) is 0 Å². The van der Waals surface area contributed by atoms with E-state index in [0.29, 0.717) is 12.3 Å². The summed E-state index contributed by atoms with van der Waals surface area (Å²) in [6.45, 7) is 6.66. The van der Waals surface area contributed by atoms with Gasteiger partial charge in [0.1, 0.15) is 11.6 Å². The fraction of sp³-hybridized carbons (Fsp3) is 0.875. The third-order valence-corrected chi connectivity index (χ3v) is 5.01. The standard InChI is InChI=1S/C16H28N2O2/c1-4-8-13-14(19)17-16(3,5-2)15(20)18(13)11-12-9-6-7-10-12/h12-13H,4-11H2,1-3H3,(H,17,19). The van der Waals surface area contributed by atoms with Crippen molar-refractivity contribution in [3.05, 3.63) is 0 Å². The first-order valence-electron chi connectivity index (χ1n) is 8.15. The van der Waals surface area contributed by atoms with Gasteiger partial charge in [-0.15, -0.1) is 0 Å². The summed E-state index contributed by atoms with van der Waals surface area (Å²) in [6, 6.07) is -0.257. The highest BCUT2D eigenvalue weighted by Crippen LogP contribution is 2.30. The fourth-order valence-electron chi connectivity index (χ4n) is 3.49. The van der Waals surface area contributed by atoms with Crippen molar-refractivity contribution < 1.29 is 9.59 Å². The van der Waals surface area contributed by atoms with Crippen molar-refractivity contribution in [1.29, 1.82) is 0 Å². The molecule has 2 atom stereocenters. The number of nitrogens with one attached hydrogen (secondary N) is 1. The lowest BCUT2D eigenvalue weighted by molar-refractivity contribution is -0.155. The average molecular weight is 280 g/mol. The fourth-order valence-corrected chi connectivity index (χ4v) is 3.49. The summed E-state index contributed by atoms with van der Waals surface area (Å²) in [6.07, 6.45) is 7.28. The Morgan fingerprint density at radius 2 is 1.90 bits per heavy atom. The highest BCUT2D eigenvalue weighted by atomic mass is 16.2. The predicted octanol–water partition coefficient (Wildman–Crippen LogP) is 2.47. The molecule has 2 aliphatic rings. The van der Waals surface area contributed by atoms with Crippen LogP contribution in [0.3, 0.4) is 0 Å². The maximum absolute atomic E-state index is 12.8. The summed E-state index contributed by atoms with van der Waals surface area (Å²) in [4.78, 5) is 27.1. The second-order valence-corrected chi connectivity index (χ2v) is 6.59. The topological polar surface area (TPSA) is 49.4 Å². The average Bonchev–Trinajstić information content (AvgIpc) is 2.93. The van der Waals surface area contributed by atoms with E-state index in [9.17, 15) is 9.59 Å². The Morgan fingerprint density at radius 1 is 1.25 bits per heavy atom. The summed E-state index contributed by atoms with van der Waals surface area (Å²) in [5.41, 5.74) is -0.708. The van der Waals surface area contributed by atoms with E-state index in [-0.39, 0.29) is 17.9 Å². The quantitative estimate of drug-likeness (QED) is 0.841. The van der Waals surface area contributed by atoms with Crippen LogP contribution in [0.1, 0.15) is 65.7 Å². The van der Waals surface area contributed by atoms with Crippen LogP contribution in [-0.2, 0) is 9.59 Å². The molecule has 1 saturated carbocycles. The van der Waals surface area contributed by atoms with Crippen LogP contribution in [-0.4, -0.2) is 34.8 Å². The molecule has 0 bridgehead atoms. The van der Waals surface area contributed by atoms with E-state index < -0.39 is 5.54 Å². The van der Waals surface area contributed by atoms with E-state index in [4.69, 9.17) is 0 Å². The van der Waals surface area contributed by atoms with Crippen molar-refractivity contribution in [2.45, 2.75) is 77.3 Å². The van der Waals surface area contributed by atoms with Crippen LogP contribution < -0.4 is 5.32 Å². The second-order valence-electron chi connectivity index (χ2n) is 6.59. The summed E-state index contributed by atoms with van der Waals surface area (Å²) in [7, 11) is 0. The molecule has 20 heavy (non-hydrogen) atoms. The zero-order chi connectivity index (χ0) is 14.8. The van der Waals surface area contributed by atoms with E-state index in [1.54, 1.807) is 0 Å². The number of amides is 2. The van der Waals surface area contributed by atoms with Crippen LogP contribution in [0.5, 0.6) is 0 Å². The molecule has 0 aromatic rings. The molecule has 4 heteroatoms. The van der Waals surface area contributed by atoms with Gasteiger partial charge in [-0.05, 0) is 38.5 Å². The molecule has 0 spiro atoms. The van der Waals surface area contributed by atoms with E-state index in [0.717, 1.165) is 19.4 Å². The van der Waals surface area contributed by atoms with Gasteiger partial charge in [0.15, 0.2) is 0 Å². The Morgan fingerprint density at radius 3 is 2.45 bits per heavy atom. The molecular formula is C16H28N2O2. The zero-order valence-corrected chi connectivity index (χ0v) is 13.1. The van der Waals surface area contributed by atoms with E-state index in [1.807, 2.05) is 18.7 Å². The van der Waals surface area contributed by atoms with Gasteiger partial charge in [-0.2, -0.15) is 0 Å². The van der Waals surface area contributed by atoms with Crippen LogP contribution in [0.2, 0.25) is 0 Å². The first-order valence-corrected chi connectivity index (χ1v) is 8.15. The van der Waals surface area contributed by atoms with Gasteiger partial charge in [0.25, 0.3) is 0 Å². The maximum Gasteiger partial charge on any atom is 0.248 e. The number of hydrogen-bond donors (Lipinski definition) is 1. The Kier molecular flexibility index (Phi) is 4.71. The van der Waals surface area contributed by atoms with Crippen molar-refractivity contribution in [3.8, 4) is 0 Å². The van der Waals surface area contributed by atoms with Crippen LogP contribution >= 0.6 is 0 Å². The normalized spacial score (nSPS) is 31.8. The molecule has 1 N–H and O–H groups in total. The summed E-state index contributed by atoms with van der Waals surface area (Å²) >= 11 is 0. The van der Waals surface area contributed by atoms with Crippen LogP contribution in [0.25, 0.3) is 0 Å². The highest BCUT2D eigenvalue weighted by Gasteiger charge is 2.47. The molecule has 1 aliphatic heterocycles. The van der Waals surface area contributed by atoms with Crippen LogP contribution in [0.4, 0.5) is 0 Å². The van der Waals surface area contributed by atoms with Crippen molar-refractivity contribution in [2.24, 2.45) is 5.92 Å². The van der Waals surface area contributed by atoms with Gasteiger partial charge >= 0.3 is 0 Å².